The Hall–Kier alpha value is -2.90. The summed E-state index contributed by atoms with van der Waals surface area (Å²) < 4.78 is 38.8. The maximum atomic E-state index is 12.9. The van der Waals surface area contributed by atoms with Crippen molar-refractivity contribution in [2.75, 3.05) is 0 Å². The third-order valence-electron chi connectivity index (χ3n) is 2.69. The summed E-state index contributed by atoms with van der Waals surface area (Å²) in [7, 11) is 0. The molecule has 0 aliphatic heterocycles. The van der Waals surface area contributed by atoms with Crippen LogP contribution in [-0.2, 0) is 6.18 Å². The van der Waals surface area contributed by atoms with E-state index in [4.69, 9.17) is 5.73 Å². The highest BCUT2D eigenvalue weighted by Crippen LogP contribution is 2.35. The summed E-state index contributed by atoms with van der Waals surface area (Å²) in [6, 6.07) is 7.49. The normalized spacial score (nSPS) is 11.6. The topological polar surface area (TPSA) is 80.4 Å². The number of halogens is 3. The minimum Gasteiger partial charge on any atom is -0.350 e. The van der Waals surface area contributed by atoms with Gasteiger partial charge in [0.25, 0.3) is 0 Å². The number of nitrogens with one attached hydrogen (secondary N) is 1. The molecule has 0 bridgehead atoms. The van der Waals surface area contributed by atoms with E-state index in [0.29, 0.717) is 11.1 Å². The molecule has 2 rings (SSSR count). The summed E-state index contributed by atoms with van der Waals surface area (Å²) >= 11 is 0. The molecule has 2 aromatic rings. The standard InChI is InChI=1S/C14H11F3N4O/c15-14(16,17)11-2-1-7-19-12(11)10-5-3-9(4-6-10)8-20-21-13(18)22/h1-8H,(H3,18,21,22). The molecule has 0 saturated carbocycles. The Bertz CT molecular complexity index is 696. The Morgan fingerprint density at radius 2 is 1.91 bits per heavy atom. The second-order valence-corrected chi connectivity index (χ2v) is 4.25. The molecule has 0 spiro atoms. The SMILES string of the molecule is NC(=O)NN=Cc1ccc(-c2ncccc2C(F)(F)F)cc1. The zero-order valence-corrected chi connectivity index (χ0v) is 11.1. The highest BCUT2D eigenvalue weighted by Gasteiger charge is 2.34. The van der Waals surface area contributed by atoms with E-state index in [0.717, 1.165) is 6.07 Å². The van der Waals surface area contributed by atoms with Crippen molar-refractivity contribution < 1.29 is 18.0 Å². The number of amides is 2. The van der Waals surface area contributed by atoms with Crippen molar-refractivity contribution in [1.82, 2.24) is 10.4 Å². The maximum Gasteiger partial charge on any atom is 0.418 e. The van der Waals surface area contributed by atoms with Crippen molar-refractivity contribution in [1.29, 1.82) is 0 Å². The van der Waals surface area contributed by atoms with Crippen LogP contribution in [0.2, 0.25) is 0 Å². The van der Waals surface area contributed by atoms with Crippen molar-refractivity contribution >= 4 is 12.2 Å². The minimum atomic E-state index is -4.48. The molecule has 1 aromatic heterocycles. The average molecular weight is 308 g/mol. The van der Waals surface area contributed by atoms with Crippen molar-refractivity contribution in [3.8, 4) is 11.3 Å². The first kappa shape index (κ1) is 15.5. The van der Waals surface area contributed by atoms with Gasteiger partial charge < -0.3 is 5.73 Å². The van der Waals surface area contributed by atoms with Crippen molar-refractivity contribution in [3.63, 3.8) is 0 Å². The van der Waals surface area contributed by atoms with Gasteiger partial charge in [-0.15, -0.1) is 0 Å². The van der Waals surface area contributed by atoms with E-state index in [2.05, 4.69) is 10.1 Å². The fourth-order valence-corrected chi connectivity index (χ4v) is 1.76. The second-order valence-electron chi connectivity index (χ2n) is 4.25. The lowest BCUT2D eigenvalue weighted by Gasteiger charge is -2.11. The minimum absolute atomic E-state index is 0.145. The number of primary amides is 1. The quantitative estimate of drug-likeness (QED) is 0.675. The predicted molar refractivity (Wildman–Crippen MR) is 75.0 cm³/mol. The van der Waals surface area contributed by atoms with E-state index in [1.54, 1.807) is 12.1 Å². The molecule has 0 saturated heterocycles. The smallest absolute Gasteiger partial charge is 0.350 e. The Morgan fingerprint density at radius 1 is 1.23 bits per heavy atom. The van der Waals surface area contributed by atoms with Crippen LogP contribution in [0, 0.1) is 0 Å². The number of carbonyl (C=O) groups is 1. The molecule has 1 aromatic carbocycles. The number of nitrogens with zero attached hydrogens (tertiary/aromatic N) is 2. The molecule has 0 fully saturated rings. The number of aromatic nitrogens is 1. The van der Waals surface area contributed by atoms with Gasteiger partial charge in [-0.05, 0) is 17.7 Å². The van der Waals surface area contributed by atoms with Crippen LogP contribution in [0.15, 0.2) is 47.7 Å². The largest absolute Gasteiger partial charge is 0.418 e. The number of nitrogens with two attached hydrogens (primary N) is 1. The number of hydrogen-bond acceptors (Lipinski definition) is 3. The van der Waals surface area contributed by atoms with Gasteiger partial charge in [0.1, 0.15) is 0 Å². The number of hydrogen-bond donors (Lipinski definition) is 2. The molecule has 0 aliphatic carbocycles. The highest BCUT2D eigenvalue weighted by molar-refractivity contribution is 5.82. The number of benzene rings is 1. The molecule has 5 nitrogen and oxygen atoms in total. The molecule has 22 heavy (non-hydrogen) atoms. The van der Waals surface area contributed by atoms with E-state index in [-0.39, 0.29) is 5.69 Å². The predicted octanol–water partition coefficient (Wildman–Crippen LogP) is 2.77. The number of urea groups is 1. The first-order valence-corrected chi connectivity index (χ1v) is 6.09. The van der Waals surface area contributed by atoms with E-state index in [1.165, 1.54) is 30.6 Å². The van der Waals surface area contributed by atoms with E-state index in [1.807, 2.05) is 5.43 Å². The zero-order valence-electron chi connectivity index (χ0n) is 11.1. The fraction of sp³-hybridized carbons (Fsp3) is 0.0714. The highest BCUT2D eigenvalue weighted by atomic mass is 19.4. The maximum absolute atomic E-state index is 12.9. The summed E-state index contributed by atoms with van der Waals surface area (Å²) in [6.07, 6.45) is -1.86. The Morgan fingerprint density at radius 3 is 2.50 bits per heavy atom. The average Bonchev–Trinajstić information content (AvgIpc) is 2.47. The van der Waals surface area contributed by atoms with Crippen molar-refractivity contribution in [2.45, 2.75) is 6.18 Å². The van der Waals surface area contributed by atoms with Crippen molar-refractivity contribution in [3.05, 3.63) is 53.7 Å². The molecular formula is C14H11F3N4O. The lowest BCUT2D eigenvalue weighted by Crippen LogP contribution is -2.24. The molecule has 0 aliphatic rings. The van der Waals surface area contributed by atoms with Gasteiger partial charge in [0.2, 0.25) is 0 Å². The number of carbonyl (C=O) groups excluding carboxylic acids is 1. The molecule has 3 N–H and O–H groups in total. The molecule has 1 heterocycles. The molecule has 0 unspecified atom stereocenters. The monoisotopic (exact) mass is 308 g/mol. The van der Waals surface area contributed by atoms with Crippen molar-refractivity contribution in [2.24, 2.45) is 10.8 Å². The Kier molecular flexibility index (Phi) is 4.40. The summed E-state index contributed by atoms with van der Waals surface area (Å²) in [5.74, 6) is 0. The summed E-state index contributed by atoms with van der Waals surface area (Å²) in [5, 5.41) is 3.56. The van der Waals surface area contributed by atoms with Gasteiger partial charge in [0.15, 0.2) is 0 Å². The first-order chi connectivity index (χ1) is 10.4. The van der Waals surface area contributed by atoms with Gasteiger partial charge in [-0.2, -0.15) is 18.3 Å². The molecule has 8 heteroatoms. The van der Waals surface area contributed by atoms with Gasteiger partial charge >= 0.3 is 12.2 Å². The number of pyridine rings is 1. The van der Waals surface area contributed by atoms with Gasteiger partial charge in [-0.3, -0.25) is 4.98 Å². The molecule has 2 amide bonds. The van der Waals surface area contributed by atoms with E-state index < -0.39 is 17.8 Å². The fourth-order valence-electron chi connectivity index (χ4n) is 1.76. The first-order valence-electron chi connectivity index (χ1n) is 6.09. The summed E-state index contributed by atoms with van der Waals surface area (Å²) in [5.41, 5.74) is 6.82. The van der Waals surface area contributed by atoms with Crippen LogP contribution in [-0.4, -0.2) is 17.2 Å². The van der Waals surface area contributed by atoms with Crippen LogP contribution < -0.4 is 11.2 Å². The molecule has 0 atom stereocenters. The third-order valence-corrected chi connectivity index (χ3v) is 2.69. The van der Waals surface area contributed by atoms with Crippen LogP contribution in [0.3, 0.4) is 0 Å². The van der Waals surface area contributed by atoms with Crippen LogP contribution in [0.25, 0.3) is 11.3 Å². The van der Waals surface area contributed by atoms with Gasteiger partial charge in [-0.25, -0.2) is 10.2 Å². The zero-order chi connectivity index (χ0) is 16.2. The lowest BCUT2D eigenvalue weighted by atomic mass is 10.0. The number of hydrazone groups is 1. The van der Waals surface area contributed by atoms with Gasteiger partial charge in [0.05, 0.1) is 17.5 Å². The van der Waals surface area contributed by atoms with Crippen LogP contribution >= 0.6 is 0 Å². The molecular weight excluding hydrogens is 297 g/mol. The van der Waals surface area contributed by atoms with E-state index >= 15 is 0 Å². The van der Waals surface area contributed by atoms with Crippen LogP contribution in [0.1, 0.15) is 11.1 Å². The van der Waals surface area contributed by atoms with Crippen LogP contribution in [0.4, 0.5) is 18.0 Å². The second kappa shape index (κ2) is 6.25. The Balaban J connectivity index is 2.28. The van der Waals surface area contributed by atoms with Gasteiger partial charge in [-0.1, -0.05) is 24.3 Å². The summed E-state index contributed by atoms with van der Waals surface area (Å²) in [6.45, 7) is 0. The molecule has 0 radical (unpaired) electrons. The number of alkyl halides is 3. The van der Waals surface area contributed by atoms with E-state index in [9.17, 15) is 18.0 Å². The van der Waals surface area contributed by atoms with Gasteiger partial charge in [0, 0.05) is 11.8 Å². The Labute approximate surface area is 123 Å². The summed E-state index contributed by atoms with van der Waals surface area (Å²) in [4.78, 5) is 14.2. The van der Waals surface area contributed by atoms with Crippen LogP contribution in [0.5, 0.6) is 0 Å². The lowest BCUT2D eigenvalue weighted by molar-refractivity contribution is -0.137. The molecule has 114 valence electrons. The third kappa shape index (κ3) is 3.81. The number of rotatable bonds is 3.